The van der Waals surface area contributed by atoms with Gasteiger partial charge < -0.3 is 15.4 Å². The molecule has 0 radical (unpaired) electrons. The quantitative estimate of drug-likeness (QED) is 0.834. The Hall–Kier alpha value is -1.63. The maximum absolute atomic E-state index is 12.4. The number of carbonyl (C=O) groups is 1. The number of nitrogens with zero attached hydrogens (tertiary/aromatic N) is 3. The van der Waals surface area contributed by atoms with Gasteiger partial charge in [-0.25, -0.2) is 9.78 Å². The van der Waals surface area contributed by atoms with Crippen LogP contribution in [0.5, 0.6) is 0 Å². The highest BCUT2D eigenvalue weighted by Gasteiger charge is 2.56. The number of amides is 2. The molecule has 2 saturated carbocycles. The number of aromatic nitrogens is 3. The van der Waals surface area contributed by atoms with E-state index in [2.05, 4.69) is 27.6 Å². The predicted octanol–water partition coefficient (Wildman–Crippen LogP) is 2.09. The number of urea groups is 1. The normalized spacial score (nSPS) is 26.6. The van der Waals surface area contributed by atoms with Gasteiger partial charge in [-0.2, -0.15) is 5.10 Å². The number of carbonyl (C=O) groups excluding carboxylic acids is 1. The fraction of sp³-hybridized carbons (Fsp3) is 0.824. The summed E-state index contributed by atoms with van der Waals surface area (Å²) >= 11 is 0. The van der Waals surface area contributed by atoms with E-state index in [-0.39, 0.29) is 23.5 Å². The molecule has 1 aromatic heterocycles. The van der Waals surface area contributed by atoms with E-state index >= 15 is 0 Å². The summed E-state index contributed by atoms with van der Waals surface area (Å²) in [7, 11) is 0. The smallest absolute Gasteiger partial charge is 0.315 e. The molecule has 1 heterocycles. The van der Waals surface area contributed by atoms with Gasteiger partial charge in [-0.15, -0.1) is 0 Å². The van der Waals surface area contributed by atoms with Crippen LogP contribution in [0.4, 0.5) is 4.79 Å². The Kier molecular flexibility index (Phi) is 5.38. The summed E-state index contributed by atoms with van der Waals surface area (Å²) in [4.78, 5) is 16.3. The first kappa shape index (κ1) is 17.2. The number of nitrogens with one attached hydrogen (secondary N) is 2. The highest BCUT2D eigenvalue weighted by molar-refractivity contribution is 5.74. The number of ether oxygens (including phenoxy) is 1. The van der Waals surface area contributed by atoms with Gasteiger partial charge in [0.25, 0.3) is 0 Å². The molecule has 0 aromatic carbocycles. The van der Waals surface area contributed by atoms with Crippen molar-refractivity contribution in [3.63, 3.8) is 0 Å². The van der Waals surface area contributed by atoms with E-state index in [4.69, 9.17) is 4.74 Å². The third-order valence-corrected chi connectivity index (χ3v) is 5.55. The molecule has 0 saturated heterocycles. The Morgan fingerprint density at radius 3 is 2.88 bits per heavy atom. The fourth-order valence-corrected chi connectivity index (χ4v) is 4.34. The minimum Gasteiger partial charge on any atom is -0.378 e. The average molecular weight is 335 g/mol. The summed E-state index contributed by atoms with van der Waals surface area (Å²) in [6, 6.07) is 0.136. The van der Waals surface area contributed by atoms with E-state index in [9.17, 15) is 4.79 Å². The van der Waals surface area contributed by atoms with Crippen molar-refractivity contribution in [2.24, 2.45) is 5.41 Å². The minimum atomic E-state index is -0.0903. The van der Waals surface area contributed by atoms with Gasteiger partial charge in [-0.05, 0) is 33.1 Å². The van der Waals surface area contributed by atoms with Crippen molar-refractivity contribution in [1.82, 2.24) is 25.4 Å². The monoisotopic (exact) mass is 335 g/mol. The molecule has 1 aromatic rings. The number of rotatable bonds is 6. The van der Waals surface area contributed by atoms with Crippen molar-refractivity contribution in [3.05, 3.63) is 12.7 Å². The minimum absolute atomic E-state index is 0.00299. The first-order chi connectivity index (χ1) is 11.6. The molecular formula is C17H29N5O2. The van der Waals surface area contributed by atoms with E-state index in [1.54, 1.807) is 11.0 Å². The van der Waals surface area contributed by atoms with Crippen molar-refractivity contribution in [2.75, 3.05) is 6.61 Å². The predicted molar refractivity (Wildman–Crippen MR) is 90.5 cm³/mol. The summed E-state index contributed by atoms with van der Waals surface area (Å²) in [5.74, 6) is 0. The SMILES string of the molecule is CCO[C@@H]1C[C@H](NC(=O)N[C@@H](C)Cn2cncn2)C12CCCCC2. The Bertz CT molecular complexity index is 527. The van der Waals surface area contributed by atoms with Crippen LogP contribution in [0.1, 0.15) is 52.4 Å². The molecular weight excluding hydrogens is 306 g/mol. The van der Waals surface area contributed by atoms with Crippen LogP contribution in [0.2, 0.25) is 0 Å². The maximum atomic E-state index is 12.4. The lowest BCUT2D eigenvalue weighted by molar-refractivity contribution is -0.146. The van der Waals surface area contributed by atoms with Crippen LogP contribution in [-0.4, -0.2) is 45.6 Å². The summed E-state index contributed by atoms with van der Waals surface area (Å²) in [5, 5.41) is 10.3. The molecule has 134 valence electrons. The molecule has 2 amide bonds. The van der Waals surface area contributed by atoms with E-state index in [0.29, 0.717) is 12.6 Å². The van der Waals surface area contributed by atoms with Crippen molar-refractivity contribution in [2.45, 2.75) is 77.1 Å². The van der Waals surface area contributed by atoms with Crippen LogP contribution in [0.3, 0.4) is 0 Å². The number of hydrogen-bond donors (Lipinski definition) is 2. The van der Waals surface area contributed by atoms with Crippen molar-refractivity contribution < 1.29 is 9.53 Å². The Labute approximate surface area is 143 Å². The zero-order chi connectivity index (χ0) is 17.0. The molecule has 2 aliphatic rings. The van der Waals surface area contributed by atoms with Gasteiger partial charge in [0.15, 0.2) is 0 Å². The molecule has 0 unspecified atom stereocenters. The second-order valence-corrected chi connectivity index (χ2v) is 7.16. The summed E-state index contributed by atoms with van der Waals surface area (Å²) in [5.41, 5.74) is 0.154. The highest BCUT2D eigenvalue weighted by atomic mass is 16.5. The molecule has 2 N–H and O–H groups in total. The lowest BCUT2D eigenvalue weighted by Crippen LogP contribution is -2.66. The molecule has 3 rings (SSSR count). The third-order valence-electron chi connectivity index (χ3n) is 5.55. The van der Waals surface area contributed by atoms with E-state index in [1.165, 1.54) is 25.6 Å². The lowest BCUT2D eigenvalue weighted by Gasteiger charge is -2.57. The first-order valence-corrected chi connectivity index (χ1v) is 9.15. The van der Waals surface area contributed by atoms with Gasteiger partial charge >= 0.3 is 6.03 Å². The molecule has 24 heavy (non-hydrogen) atoms. The van der Waals surface area contributed by atoms with Crippen molar-refractivity contribution in [1.29, 1.82) is 0 Å². The van der Waals surface area contributed by atoms with Gasteiger partial charge in [0.1, 0.15) is 12.7 Å². The van der Waals surface area contributed by atoms with Crippen LogP contribution < -0.4 is 10.6 Å². The molecule has 1 spiro atoms. The maximum Gasteiger partial charge on any atom is 0.315 e. The van der Waals surface area contributed by atoms with Gasteiger partial charge in [-0.1, -0.05) is 19.3 Å². The Morgan fingerprint density at radius 2 is 2.21 bits per heavy atom. The largest absolute Gasteiger partial charge is 0.378 e. The van der Waals surface area contributed by atoms with Gasteiger partial charge in [-0.3, -0.25) is 4.68 Å². The van der Waals surface area contributed by atoms with E-state index in [1.807, 2.05) is 6.92 Å². The Morgan fingerprint density at radius 1 is 1.42 bits per heavy atom. The second-order valence-electron chi connectivity index (χ2n) is 7.16. The van der Waals surface area contributed by atoms with Crippen LogP contribution in [0, 0.1) is 5.41 Å². The average Bonchev–Trinajstić information content (AvgIpc) is 3.07. The van der Waals surface area contributed by atoms with Crippen molar-refractivity contribution in [3.8, 4) is 0 Å². The molecule has 0 bridgehead atoms. The van der Waals surface area contributed by atoms with Crippen LogP contribution in [-0.2, 0) is 11.3 Å². The fourth-order valence-electron chi connectivity index (χ4n) is 4.34. The van der Waals surface area contributed by atoms with Crippen LogP contribution >= 0.6 is 0 Å². The zero-order valence-electron chi connectivity index (χ0n) is 14.7. The molecule has 2 fully saturated rings. The summed E-state index contributed by atoms with van der Waals surface area (Å²) in [6.45, 7) is 5.39. The molecule has 7 heteroatoms. The standard InChI is InChI=1S/C17H29N5O2/c1-3-24-15-9-14(17(15)7-5-4-6-8-17)21-16(23)20-13(2)10-22-12-18-11-19-22/h11-15H,3-10H2,1-2H3,(H2,20,21,23)/t13-,14-,15+/m0/s1. The zero-order valence-corrected chi connectivity index (χ0v) is 14.7. The van der Waals surface area contributed by atoms with Gasteiger partial charge in [0, 0.05) is 24.1 Å². The van der Waals surface area contributed by atoms with E-state index < -0.39 is 0 Å². The molecule has 3 atom stereocenters. The van der Waals surface area contributed by atoms with Gasteiger partial charge in [0.2, 0.25) is 0 Å². The molecule has 2 aliphatic carbocycles. The van der Waals surface area contributed by atoms with Crippen LogP contribution in [0.15, 0.2) is 12.7 Å². The van der Waals surface area contributed by atoms with Crippen LogP contribution in [0.25, 0.3) is 0 Å². The topological polar surface area (TPSA) is 81.1 Å². The highest BCUT2D eigenvalue weighted by Crippen LogP contribution is 2.53. The molecule has 0 aliphatic heterocycles. The Balaban J connectivity index is 1.51. The number of hydrogen-bond acceptors (Lipinski definition) is 4. The summed E-state index contributed by atoms with van der Waals surface area (Å²) in [6.07, 6.45) is 10.5. The third kappa shape index (κ3) is 3.55. The molecule has 7 nitrogen and oxygen atoms in total. The van der Waals surface area contributed by atoms with Crippen molar-refractivity contribution >= 4 is 6.03 Å². The summed E-state index contributed by atoms with van der Waals surface area (Å²) < 4.78 is 7.67. The first-order valence-electron chi connectivity index (χ1n) is 9.15. The lowest BCUT2D eigenvalue weighted by atomic mass is 9.55. The van der Waals surface area contributed by atoms with E-state index in [0.717, 1.165) is 25.9 Å². The second kappa shape index (κ2) is 7.51. The van der Waals surface area contributed by atoms with Gasteiger partial charge in [0.05, 0.1) is 12.6 Å².